The number of hydroxylamine groups is 2. The number of alkyl halides is 3. The van der Waals surface area contributed by atoms with Gasteiger partial charge in [0.25, 0.3) is 0 Å². The maximum Gasteiger partial charge on any atom is 0.435 e. The predicted molar refractivity (Wildman–Crippen MR) is 96.6 cm³/mol. The highest BCUT2D eigenvalue weighted by molar-refractivity contribution is 5.80. The number of hydrogen-bond donors (Lipinski definition) is 5. The van der Waals surface area contributed by atoms with Gasteiger partial charge in [-0.1, -0.05) is 26.2 Å². The Bertz CT molecular complexity index is 662. The fraction of sp³-hybridized carbons (Fsp3) is 0.625. The van der Waals surface area contributed by atoms with Gasteiger partial charge in [0.05, 0.1) is 31.0 Å². The lowest BCUT2D eigenvalue weighted by molar-refractivity contribution is -0.154. The number of unbranched alkanes of at least 4 members (excludes halogenated alkanes) is 2. The van der Waals surface area contributed by atoms with E-state index in [2.05, 4.69) is 26.1 Å². The number of anilines is 2. The number of aliphatic hydroxyl groups is 1. The summed E-state index contributed by atoms with van der Waals surface area (Å²) in [4.78, 5) is 29.9. The van der Waals surface area contributed by atoms with Gasteiger partial charge in [0.2, 0.25) is 18.3 Å². The fourth-order valence-electron chi connectivity index (χ4n) is 2.41. The average Bonchev–Trinajstić information content (AvgIpc) is 2.69. The Morgan fingerprint density at radius 1 is 1.38 bits per heavy atom. The van der Waals surface area contributed by atoms with Crippen LogP contribution in [0.5, 0.6) is 0 Å². The number of halogens is 3. The van der Waals surface area contributed by atoms with Crippen LogP contribution < -0.4 is 16.2 Å². The molecule has 0 aliphatic rings. The van der Waals surface area contributed by atoms with E-state index in [1.54, 1.807) is 0 Å². The second kappa shape index (κ2) is 12.0. The van der Waals surface area contributed by atoms with Crippen molar-refractivity contribution in [2.24, 2.45) is 5.92 Å². The molecule has 0 aliphatic carbocycles. The van der Waals surface area contributed by atoms with Crippen molar-refractivity contribution < 1.29 is 33.1 Å². The van der Waals surface area contributed by atoms with Gasteiger partial charge < -0.3 is 10.4 Å². The summed E-state index contributed by atoms with van der Waals surface area (Å²) in [5.41, 5.74) is 2.74. The van der Waals surface area contributed by atoms with E-state index in [9.17, 15) is 28.0 Å². The minimum Gasteiger partial charge on any atom is -0.395 e. The molecule has 0 fully saturated rings. The van der Waals surface area contributed by atoms with E-state index < -0.39 is 35.3 Å². The lowest BCUT2D eigenvalue weighted by atomic mass is 10.0. The Morgan fingerprint density at radius 3 is 2.69 bits per heavy atom. The zero-order valence-electron chi connectivity index (χ0n) is 15.9. The van der Waals surface area contributed by atoms with E-state index >= 15 is 0 Å². The molecule has 0 saturated heterocycles. The van der Waals surface area contributed by atoms with E-state index in [1.807, 2.05) is 6.92 Å². The maximum atomic E-state index is 13.2. The van der Waals surface area contributed by atoms with Crippen LogP contribution in [0.1, 0.15) is 38.3 Å². The Balaban J connectivity index is 2.84. The van der Waals surface area contributed by atoms with Crippen molar-refractivity contribution in [1.29, 1.82) is 0 Å². The maximum absolute atomic E-state index is 13.2. The van der Waals surface area contributed by atoms with Gasteiger partial charge in [-0.05, 0) is 6.42 Å². The van der Waals surface area contributed by atoms with E-state index in [1.165, 1.54) is 0 Å². The quantitative estimate of drug-likeness (QED) is 0.139. The third kappa shape index (κ3) is 8.48. The standard InChI is InChI=1S/C16H25F3N6O4/c1-2-3-4-5-11(9-25(29)10-27)14(28)23-24-15-21-8-12(20-6-7-26)13(22-15)16(17,18)19/h8,10-11,20,26,29H,2-7,9H2,1H3,(H,23,28)(H,21,22,24)/t11-/m1/s1. The Hall–Kier alpha value is -2.67. The van der Waals surface area contributed by atoms with Crippen molar-refractivity contribution in [2.45, 2.75) is 38.8 Å². The number of aliphatic hydroxyl groups excluding tert-OH is 1. The number of nitrogens with zero attached hydrogens (tertiary/aromatic N) is 3. The van der Waals surface area contributed by atoms with E-state index in [0.29, 0.717) is 17.9 Å². The Morgan fingerprint density at radius 2 is 2.10 bits per heavy atom. The molecule has 1 rings (SSSR count). The summed E-state index contributed by atoms with van der Waals surface area (Å²) in [6.07, 6.45) is -0.986. The van der Waals surface area contributed by atoms with Crippen LogP contribution in [0.3, 0.4) is 0 Å². The monoisotopic (exact) mass is 422 g/mol. The third-order valence-corrected chi connectivity index (χ3v) is 3.84. The van der Waals surface area contributed by atoms with E-state index in [0.717, 1.165) is 19.0 Å². The van der Waals surface area contributed by atoms with Gasteiger partial charge >= 0.3 is 6.18 Å². The molecule has 1 aromatic rings. The highest BCUT2D eigenvalue weighted by atomic mass is 19.4. The van der Waals surface area contributed by atoms with Gasteiger partial charge in [-0.2, -0.15) is 13.2 Å². The van der Waals surface area contributed by atoms with Crippen LogP contribution in [0, 0.1) is 5.92 Å². The Labute approximate surface area is 165 Å². The SMILES string of the molecule is CCCCC[C@H](CN(O)C=O)C(=O)NNc1ncc(NCCO)c(C(F)(F)F)n1. The first kappa shape index (κ1) is 24.4. The van der Waals surface area contributed by atoms with Gasteiger partial charge in [-0.25, -0.2) is 15.0 Å². The largest absolute Gasteiger partial charge is 0.435 e. The van der Waals surface area contributed by atoms with Crippen LogP contribution in [0.15, 0.2) is 6.20 Å². The van der Waals surface area contributed by atoms with Gasteiger partial charge in [0.15, 0.2) is 5.69 Å². The summed E-state index contributed by atoms with van der Waals surface area (Å²) in [5.74, 6) is -1.91. The normalized spacial score (nSPS) is 12.2. The first-order chi connectivity index (χ1) is 13.7. The number of hydrazine groups is 1. The smallest absolute Gasteiger partial charge is 0.395 e. The second-order valence-corrected chi connectivity index (χ2v) is 6.14. The number of hydrogen-bond acceptors (Lipinski definition) is 8. The molecule has 0 radical (unpaired) electrons. The minimum atomic E-state index is -4.79. The topological polar surface area (TPSA) is 140 Å². The number of aromatic nitrogens is 2. The number of nitrogens with one attached hydrogen (secondary N) is 3. The molecule has 10 nitrogen and oxygen atoms in total. The van der Waals surface area contributed by atoms with Crippen LogP contribution in [0.4, 0.5) is 24.8 Å². The molecule has 0 spiro atoms. The summed E-state index contributed by atoms with van der Waals surface area (Å²) in [6, 6.07) is 0. The molecule has 0 bridgehead atoms. The summed E-state index contributed by atoms with van der Waals surface area (Å²) in [5, 5.41) is 20.8. The van der Waals surface area contributed by atoms with Crippen molar-refractivity contribution in [3.8, 4) is 0 Å². The lowest BCUT2D eigenvalue weighted by Crippen LogP contribution is -2.40. The second-order valence-electron chi connectivity index (χ2n) is 6.14. The van der Waals surface area contributed by atoms with Gasteiger partial charge in [-0.15, -0.1) is 0 Å². The van der Waals surface area contributed by atoms with Gasteiger partial charge in [0.1, 0.15) is 0 Å². The molecular formula is C16H25F3N6O4. The summed E-state index contributed by atoms with van der Waals surface area (Å²) >= 11 is 0. The van der Waals surface area contributed by atoms with Crippen molar-refractivity contribution >= 4 is 24.0 Å². The van der Waals surface area contributed by atoms with Crippen LogP contribution in [-0.2, 0) is 15.8 Å². The summed E-state index contributed by atoms with van der Waals surface area (Å²) in [7, 11) is 0. The molecule has 0 saturated carbocycles. The third-order valence-electron chi connectivity index (χ3n) is 3.84. The summed E-state index contributed by atoms with van der Waals surface area (Å²) < 4.78 is 39.5. The van der Waals surface area contributed by atoms with Gasteiger partial charge in [-0.3, -0.25) is 25.6 Å². The van der Waals surface area contributed by atoms with Crippen LogP contribution >= 0.6 is 0 Å². The molecule has 2 amide bonds. The molecule has 0 aromatic carbocycles. The summed E-state index contributed by atoms with van der Waals surface area (Å²) in [6.45, 7) is 1.20. The molecule has 164 valence electrons. The predicted octanol–water partition coefficient (Wildman–Crippen LogP) is 1.39. The molecule has 0 unspecified atom stereocenters. The van der Waals surface area contributed by atoms with Crippen molar-refractivity contribution in [3.05, 3.63) is 11.9 Å². The fourth-order valence-corrected chi connectivity index (χ4v) is 2.41. The number of carbonyl (C=O) groups is 2. The molecule has 29 heavy (non-hydrogen) atoms. The molecular weight excluding hydrogens is 397 g/mol. The zero-order valence-corrected chi connectivity index (χ0v) is 15.9. The van der Waals surface area contributed by atoms with E-state index in [4.69, 9.17) is 5.11 Å². The van der Waals surface area contributed by atoms with Crippen molar-refractivity contribution in [2.75, 3.05) is 30.4 Å². The molecule has 1 aromatic heterocycles. The number of carbonyl (C=O) groups excluding carboxylic acids is 2. The Kier molecular flexibility index (Phi) is 10.1. The van der Waals surface area contributed by atoms with E-state index in [-0.39, 0.29) is 26.1 Å². The zero-order chi connectivity index (χ0) is 21.9. The van der Waals surface area contributed by atoms with Crippen molar-refractivity contribution in [3.63, 3.8) is 0 Å². The number of amides is 2. The minimum absolute atomic E-state index is 0.121. The highest BCUT2D eigenvalue weighted by Crippen LogP contribution is 2.33. The molecule has 0 aliphatic heterocycles. The van der Waals surface area contributed by atoms with Crippen molar-refractivity contribution in [1.82, 2.24) is 20.5 Å². The lowest BCUT2D eigenvalue weighted by Gasteiger charge is -2.20. The molecule has 1 heterocycles. The first-order valence-electron chi connectivity index (χ1n) is 8.98. The molecule has 13 heteroatoms. The molecule has 1 atom stereocenters. The van der Waals surface area contributed by atoms with Crippen LogP contribution in [0.25, 0.3) is 0 Å². The van der Waals surface area contributed by atoms with Crippen LogP contribution in [0.2, 0.25) is 0 Å². The average molecular weight is 422 g/mol. The first-order valence-corrected chi connectivity index (χ1v) is 8.98. The molecule has 5 N–H and O–H groups in total. The van der Waals surface area contributed by atoms with Crippen LogP contribution in [-0.4, -0.2) is 57.4 Å². The highest BCUT2D eigenvalue weighted by Gasteiger charge is 2.36. The number of rotatable bonds is 13. The van der Waals surface area contributed by atoms with Gasteiger partial charge in [0, 0.05) is 6.54 Å².